The Morgan fingerprint density at radius 3 is 2.02 bits per heavy atom. The molecule has 0 aromatic heterocycles. The van der Waals surface area contributed by atoms with Gasteiger partial charge in [0, 0.05) is 0 Å². The predicted octanol–water partition coefficient (Wildman–Crippen LogP) is 7.57. The second-order valence-corrected chi connectivity index (χ2v) is 22.1. The molecule has 6 unspecified atom stereocenters. The number of aliphatic hydroxyl groups excluding tert-OH is 4. The van der Waals surface area contributed by atoms with Gasteiger partial charge in [0.25, 0.3) is 0 Å². The van der Waals surface area contributed by atoms with Crippen LogP contribution < -0.4 is 0 Å². The molecule has 1 aromatic rings. The quantitative estimate of drug-likeness (QED) is 0.0586. The number of benzene rings is 1. The molecule has 0 radical (unpaired) electrons. The molecule has 0 aliphatic carbocycles. The summed E-state index contributed by atoms with van der Waals surface area (Å²) in [7, 11) is -1.73. The van der Waals surface area contributed by atoms with Crippen molar-refractivity contribution in [3.05, 3.63) is 35.4 Å². The van der Waals surface area contributed by atoms with Crippen molar-refractivity contribution in [1.29, 1.82) is 0 Å². The van der Waals surface area contributed by atoms with E-state index in [-0.39, 0.29) is 4.75 Å². The average molecular weight is 707 g/mol. The van der Waals surface area contributed by atoms with Gasteiger partial charge < -0.3 is 0 Å². The first-order chi connectivity index (χ1) is 21.4. The molecule has 2 rings (SSSR count). The molecule has 6 atom stereocenters. The van der Waals surface area contributed by atoms with Crippen molar-refractivity contribution in [2.45, 2.75) is 140 Å². The van der Waals surface area contributed by atoms with Gasteiger partial charge in [-0.05, 0) is 0 Å². The van der Waals surface area contributed by atoms with Crippen molar-refractivity contribution in [2.75, 3.05) is 38.0 Å². The number of aliphatic hydroxyl groups is 4. The van der Waals surface area contributed by atoms with Gasteiger partial charge in [0.05, 0.1) is 0 Å². The Balaban J connectivity index is 2.19. The molecule has 0 amide bonds. The Kier molecular flexibility index (Phi) is 19.6. The minimum absolute atomic E-state index is 0.0135. The number of unbranched alkanes of at least 4 members (excludes halogenated alkanes) is 6. The zero-order valence-electron chi connectivity index (χ0n) is 28.7. The summed E-state index contributed by atoms with van der Waals surface area (Å²) in [6.07, 6.45) is 11.8. The van der Waals surface area contributed by atoms with Crippen molar-refractivity contribution >= 4 is 46.5 Å². The summed E-state index contributed by atoms with van der Waals surface area (Å²) in [5, 5.41) is 40.3. The van der Waals surface area contributed by atoms with E-state index in [0.717, 1.165) is 22.3 Å². The van der Waals surface area contributed by atoms with Crippen LogP contribution in [0, 0.1) is 0 Å². The van der Waals surface area contributed by atoms with Crippen LogP contribution in [-0.2, 0) is 15.6 Å². The van der Waals surface area contributed by atoms with Crippen LogP contribution in [0.2, 0.25) is 0 Å². The summed E-state index contributed by atoms with van der Waals surface area (Å²) < 4.78 is 12.5. The molecule has 1 aromatic carbocycles. The van der Waals surface area contributed by atoms with E-state index in [2.05, 4.69) is 58.9 Å². The normalized spacial score (nSPS) is 23.6. The fourth-order valence-corrected chi connectivity index (χ4v) is 14.1. The van der Waals surface area contributed by atoms with Gasteiger partial charge in [-0.3, -0.25) is 0 Å². The summed E-state index contributed by atoms with van der Waals surface area (Å²) in [5.74, 6) is 0.367. The molecule has 45 heavy (non-hydrogen) atoms. The van der Waals surface area contributed by atoms with E-state index in [1.807, 2.05) is 6.26 Å². The summed E-state index contributed by atoms with van der Waals surface area (Å²) in [4.78, 5) is 0. The van der Waals surface area contributed by atoms with Gasteiger partial charge in [-0.2, -0.15) is 0 Å². The van der Waals surface area contributed by atoms with E-state index in [9.17, 15) is 20.4 Å². The van der Waals surface area contributed by atoms with Crippen LogP contribution in [0.5, 0.6) is 0 Å². The first-order valence-corrected chi connectivity index (χ1v) is 22.5. The molecule has 10 heteroatoms. The van der Waals surface area contributed by atoms with Crippen LogP contribution in [0.15, 0.2) is 24.3 Å². The second-order valence-electron chi connectivity index (χ2n) is 13.6. The molecule has 1 heterocycles. The van der Waals surface area contributed by atoms with Crippen LogP contribution in [-0.4, -0.2) is 97.4 Å². The monoisotopic (exact) mass is 706 g/mol. The fourth-order valence-electron chi connectivity index (χ4n) is 6.45. The molecule has 6 nitrogen and oxygen atoms in total. The van der Waals surface area contributed by atoms with E-state index in [4.69, 9.17) is 21.7 Å². The molecular weight excluding hydrogens is 644 g/mol. The summed E-state index contributed by atoms with van der Waals surface area (Å²) >= 11 is 8.98. The number of hydrogen-bond acceptors (Lipinski definition) is 9. The minimum atomic E-state index is -1.73. The van der Waals surface area contributed by atoms with Crippen LogP contribution in [0.4, 0.5) is 0 Å². The van der Waals surface area contributed by atoms with Gasteiger partial charge in [0.15, 0.2) is 0 Å². The number of thioether (sulfide) groups is 2. The van der Waals surface area contributed by atoms with Crippen molar-refractivity contribution in [3.8, 4) is 0 Å². The zero-order chi connectivity index (χ0) is 33.5. The Hall–Kier alpha value is 0.200. The first kappa shape index (κ1) is 41.4. The zero-order valence-corrected chi connectivity index (χ0v) is 32.2. The average Bonchev–Trinajstić information content (AvgIpc) is 3.03. The van der Waals surface area contributed by atoms with Crippen LogP contribution in [0.1, 0.15) is 109 Å². The van der Waals surface area contributed by atoms with Gasteiger partial charge in [-0.25, -0.2) is 0 Å². The van der Waals surface area contributed by atoms with Crippen LogP contribution in [0.25, 0.3) is 0 Å². The maximum absolute atomic E-state index is 10.4. The van der Waals surface area contributed by atoms with Gasteiger partial charge in [0.2, 0.25) is 0 Å². The van der Waals surface area contributed by atoms with E-state index >= 15 is 0 Å². The van der Waals surface area contributed by atoms with E-state index in [1.165, 1.54) is 74.8 Å². The summed E-state index contributed by atoms with van der Waals surface area (Å²) in [6.45, 7) is 11.4. The van der Waals surface area contributed by atoms with Gasteiger partial charge in [-0.15, -0.1) is 0 Å². The van der Waals surface area contributed by atoms with Crippen LogP contribution in [0.3, 0.4) is 0 Å². The van der Waals surface area contributed by atoms with Crippen molar-refractivity contribution in [3.63, 3.8) is 0 Å². The predicted molar refractivity (Wildman–Crippen MR) is 202 cm³/mol. The van der Waals surface area contributed by atoms with Gasteiger partial charge in [-0.1, -0.05) is 0 Å². The second kappa shape index (κ2) is 21.3. The third kappa shape index (κ3) is 13.6. The molecule has 1 aliphatic heterocycles. The first-order valence-electron chi connectivity index (χ1n) is 17.2. The Morgan fingerprint density at radius 2 is 1.49 bits per heavy atom. The third-order valence-corrected chi connectivity index (χ3v) is 18.0. The van der Waals surface area contributed by atoms with E-state index in [0.29, 0.717) is 12.5 Å². The molecule has 4 N–H and O–H groups in total. The van der Waals surface area contributed by atoms with E-state index < -0.39 is 44.6 Å². The molecule has 1 fully saturated rings. The molecule has 0 saturated carbocycles. The fraction of sp³-hybridized carbons (Fsp3) is 0.800. The third-order valence-electron chi connectivity index (χ3n) is 9.72. The standard InChI is InChI=1S/C35H63O6PS3/c1-7-9-11-13-21-42(22-14-12-10-8-2,23-15-20-40-33-32(39)31(38)30(37)29(24-36)41-33)25-27-16-18-28(19-17-27)26(3)35(4,5)45-34(43)44-6/h16-19,26,29-33,36-39,42H,7-15,20-25H2,1-6H3. The number of hydrogen-bond donors (Lipinski definition) is 4. The SMILES string of the molecule is CCCCCC[PH](CCCCCC)(CCCOC1OC(CO)C(O)C(O)C1O)Cc1ccc(C(C)C(C)(C)SC(=S)SC)cc1. The number of rotatable bonds is 21. The Morgan fingerprint density at radius 1 is 0.911 bits per heavy atom. The molecule has 1 aliphatic rings. The molecule has 262 valence electrons. The molecular formula is C35H63O6PS3. The van der Waals surface area contributed by atoms with Crippen LogP contribution >= 0.6 is 43.0 Å². The Labute approximate surface area is 288 Å². The molecule has 1 saturated heterocycles. The summed E-state index contributed by atoms with van der Waals surface area (Å²) in [5.41, 5.74) is 2.79. The summed E-state index contributed by atoms with van der Waals surface area (Å²) in [6, 6.07) is 9.40. The van der Waals surface area contributed by atoms with E-state index in [1.54, 1.807) is 23.5 Å². The Bertz CT molecular complexity index is 951. The number of ether oxygens (including phenoxy) is 2. The molecule has 0 bridgehead atoms. The van der Waals surface area contributed by atoms with Crippen molar-refractivity contribution in [1.82, 2.24) is 0 Å². The van der Waals surface area contributed by atoms with Crippen molar-refractivity contribution < 1.29 is 29.9 Å². The maximum atomic E-state index is 10.4. The van der Waals surface area contributed by atoms with Gasteiger partial charge >= 0.3 is 290 Å². The number of thiocarbonyl (C=S) groups is 1. The molecule has 0 spiro atoms. The van der Waals surface area contributed by atoms with Gasteiger partial charge in [0.1, 0.15) is 0 Å². The topological polar surface area (TPSA) is 99.4 Å². The van der Waals surface area contributed by atoms with Crippen molar-refractivity contribution in [2.24, 2.45) is 0 Å².